The lowest BCUT2D eigenvalue weighted by molar-refractivity contribution is -0.385. The van der Waals surface area contributed by atoms with Gasteiger partial charge in [-0.1, -0.05) is 13.0 Å². The van der Waals surface area contributed by atoms with Crippen LogP contribution in [-0.2, 0) is 6.54 Å². The predicted octanol–water partition coefficient (Wildman–Crippen LogP) is 1.93. The number of rotatable bonds is 4. The van der Waals surface area contributed by atoms with Crippen LogP contribution in [0.3, 0.4) is 0 Å². The molecular weight excluding hydrogens is 258 g/mol. The molecule has 1 aromatic rings. The fourth-order valence-electron chi connectivity index (χ4n) is 2.48. The number of nitro benzene ring substituents is 1. The van der Waals surface area contributed by atoms with Crippen molar-refractivity contribution < 1.29 is 9.72 Å². The zero-order valence-corrected chi connectivity index (χ0v) is 11.5. The smallest absolute Gasteiger partial charge is 0.274 e. The number of amides is 1. The molecule has 0 bridgehead atoms. The monoisotopic (exact) mass is 277 g/mol. The van der Waals surface area contributed by atoms with E-state index in [9.17, 15) is 14.9 Å². The summed E-state index contributed by atoms with van der Waals surface area (Å²) in [5, 5.41) is 11.1. The number of hydrogen-bond donors (Lipinski definition) is 1. The molecule has 108 valence electrons. The Morgan fingerprint density at radius 1 is 1.45 bits per heavy atom. The first-order valence-corrected chi connectivity index (χ1v) is 6.77. The molecule has 1 aliphatic heterocycles. The van der Waals surface area contributed by atoms with Crippen LogP contribution in [0.5, 0.6) is 0 Å². The standard InChI is InChI=1S/C14H19N3O3/c1-10-4-6-16(7-5-10)9-12-3-2-11(14(15)18)8-13(12)17(19)20/h2-3,8,10H,4-7,9H2,1H3,(H2,15,18). The highest BCUT2D eigenvalue weighted by molar-refractivity contribution is 5.93. The zero-order chi connectivity index (χ0) is 14.7. The van der Waals surface area contributed by atoms with E-state index < -0.39 is 10.8 Å². The third-order valence-electron chi connectivity index (χ3n) is 3.84. The zero-order valence-electron chi connectivity index (χ0n) is 11.5. The van der Waals surface area contributed by atoms with E-state index in [0.29, 0.717) is 12.1 Å². The highest BCUT2D eigenvalue weighted by Gasteiger charge is 2.21. The van der Waals surface area contributed by atoms with E-state index >= 15 is 0 Å². The van der Waals surface area contributed by atoms with Crippen LogP contribution in [0, 0.1) is 16.0 Å². The van der Waals surface area contributed by atoms with Crippen molar-refractivity contribution in [3.63, 3.8) is 0 Å². The van der Waals surface area contributed by atoms with Crippen molar-refractivity contribution in [1.29, 1.82) is 0 Å². The fourth-order valence-corrected chi connectivity index (χ4v) is 2.48. The third kappa shape index (κ3) is 3.33. The Morgan fingerprint density at radius 2 is 2.10 bits per heavy atom. The summed E-state index contributed by atoms with van der Waals surface area (Å²) < 4.78 is 0. The van der Waals surface area contributed by atoms with Crippen molar-refractivity contribution in [1.82, 2.24) is 4.90 Å². The lowest BCUT2D eigenvalue weighted by Crippen LogP contribution is -2.32. The van der Waals surface area contributed by atoms with Crippen molar-refractivity contribution in [2.75, 3.05) is 13.1 Å². The quantitative estimate of drug-likeness (QED) is 0.672. The van der Waals surface area contributed by atoms with Gasteiger partial charge in [-0.15, -0.1) is 0 Å². The lowest BCUT2D eigenvalue weighted by Gasteiger charge is -2.30. The van der Waals surface area contributed by atoms with Gasteiger partial charge in [-0.05, 0) is 37.9 Å². The number of primary amides is 1. The maximum absolute atomic E-state index is 11.1. The Kier molecular flexibility index (Phi) is 4.34. The summed E-state index contributed by atoms with van der Waals surface area (Å²) in [5.74, 6) is 0.0740. The van der Waals surface area contributed by atoms with E-state index in [1.54, 1.807) is 12.1 Å². The molecule has 2 N–H and O–H groups in total. The van der Waals surface area contributed by atoms with Crippen LogP contribution in [-0.4, -0.2) is 28.8 Å². The molecule has 0 radical (unpaired) electrons. The number of piperidine rings is 1. The molecule has 1 amide bonds. The highest BCUT2D eigenvalue weighted by atomic mass is 16.6. The van der Waals surface area contributed by atoms with Gasteiger partial charge in [0.15, 0.2) is 0 Å². The van der Waals surface area contributed by atoms with Gasteiger partial charge in [-0.25, -0.2) is 0 Å². The first-order valence-electron chi connectivity index (χ1n) is 6.77. The van der Waals surface area contributed by atoms with Crippen LogP contribution in [0.2, 0.25) is 0 Å². The number of benzene rings is 1. The van der Waals surface area contributed by atoms with Gasteiger partial charge in [0, 0.05) is 23.7 Å². The molecule has 0 aliphatic carbocycles. The normalized spacial score (nSPS) is 17.1. The summed E-state index contributed by atoms with van der Waals surface area (Å²) in [4.78, 5) is 24.0. The van der Waals surface area contributed by atoms with Gasteiger partial charge < -0.3 is 5.73 Å². The largest absolute Gasteiger partial charge is 0.366 e. The topological polar surface area (TPSA) is 89.5 Å². The second kappa shape index (κ2) is 6.00. The molecule has 1 fully saturated rings. The summed E-state index contributed by atoms with van der Waals surface area (Å²) in [7, 11) is 0. The molecule has 2 rings (SSSR count). The van der Waals surface area contributed by atoms with E-state index in [2.05, 4.69) is 11.8 Å². The Balaban J connectivity index is 2.18. The van der Waals surface area contributed by atoms with Crippen LogP contribution in [0.4, 0.5) is 5.69 Å². The number of nitrogens with two attached hydrogens (primary N) is 1. The molecule has 0 aromatic heterocycles. The minimum Gasteiger partial charge on any atom is -0.366 e. The van der Waals surface area contributed by atoms with Gasteiger partial charge in [0.2, 0.25) is 5.91 Å². The van der Waals surface area contributed by atoms with Crippen molar-refractivity contribution in [3.8, 4) is 0 Å². The van der Waals surface area contributed by atoms with Crippen LogP contribution in [0.15, 0.2) is 18.2 Å². The molecule has 0 atom stereocenters. The Morgan fingerprint density at radius 3 is 2.65 bits per heavy atom. The number of carbonyl (C=O) groups excluding carboxylic acids is 1. The maximum atomic E-state index is 11.1. The molecule has 6 heteroatoms. The van der Waals surface area contributed by atoms with Crippen molar-refractivity contribution in [3.05, 3.63) is 39.4 Å². The number of nitro groups is 1. The summed E-state index contributed by atoms with van der Waals surface area (Å²) in [6.45, 7) is 4.68. The molecule has 1 saturated heterocycles. The van der Waals surface area contributed by atoms with E-state index in [0.717, 1.165) is 31.8 Å². The van der Waals surface area contributed by atoms with Crippen molar-refractivity contribution >= 4 is 11.6 Å². The van der Waals surface area contributed by atoms with Gasteiger partial charge in [-0.3, -0.25) is 19.8 Å². The van der Waals surface area contributed by atoms with E-state index in [-0.39, 0.29) is 11.3 Å². The number of likely N-dealkylation sites (tertiary alicyclic amines) is 1. The second-order valence-corrected chi connectivity index (χ2v) is 5.42. The SMILES string of the molecule is CC1CCN(Cc2ccc(C(N)=O)cc2[N+](=O)[O-])CC1. The van der Waals surface area contributed by atoms with Gasteiger partial charge >= 0.3 is 0 Å². The second-order valence-electron chi connectivity index (χ2n) is 5.42. The maximum Gasteiger partial charge on any atom is 0.274 e. The van der Waals surface area contributed by atoms with Crippen LogP contribution in [0.25, 0.3) is 0 Å². The number of carbonyl (C=O) groups is 1. The van der Waals surface area contributed by atoms with Crippen LogP contribution < -0.4 is 5.73 Å². The summed E-state index contributed by atoms with van der Waals surface area (Å²) in [6.07, 6.45) is 2.24. The molecular formula is C14H19N3O3. The fraction of sp³-hybridized carbons (Fsp3) is 0.500. The van der Waals surface area contributed by atoms with E-state index in [1.807, 2.05) is 0 Å². The number of nitrogens with zero attached hydrogens (tertiary/aromatic N) is 2. The van der Waals surface area contributed by atoms with Gasteiger partial charge in [-0.2, -0.15) is 0 Å². The molecule has 0 spiro atoms. The Bertz CT molecular complexity index is 522. The summed E-state index contributed by atoms with van der Waals surface area (Å²) in [5.41, 5.74) is 5.94. The summed E-state index contributed by atoms with van der Waals surface area (Å²) >= 11 is 0. The molecule has 1 heterocycles. The average molecular weight is 277 g/mol. The first kappa shape index (κ1) is 14.5. The van der Waals surface area contributed by atoms with E-state index in [1.165, 1.54) is 6.07 Å². The van der Waals surface area contributed by atoms with Gasteiger partial charge in [0.1, 0.15) is 0 Å². The number of hydrogen-bond acceptors (Lipinski definition) is 4. The Labute approximate surface area is 117 Å². The van der Waals surface area contributed by atoms with Crippen molar-refractivity contribution in [2.45, 2.75) is 26.3 Å². The minimum atomic E-state index is -0.647. The van der Waals surface area contributed by atoms with Gasteiger partial charge in [0.05, 0.1) is 4.92 Å². The summed E-state index contributed by atoms with van der Waals surface area (Å²) in [6, 6.07) is 4.46. The highest BCUT2D eigenvalue weighted by Crippen LogP contribution is 2.24. The lowest BCUT2D eigenvalue weighted by atomic mass is 9.98. The molecule has 0 saturated carbocycles. The van der Waals surface area contributed by atoms with Crippen LogP contribution in [0.1, 0.15) is 35.7 Å². The molecule has 1 aromatic carbocycles. The molecule has 0 unspecified atom stereocenters. The van der Waals surface area contributed by atoms with Crippen LogP contribution >= 0.6 is 0 Å². The molecule has 1 aliphatic rings. The van der Waals surface area contributed by atoms with Crippen molar-refractivity contribution in [2.24, 2.45) is 11.7 Å². The molecule has 6 nitrogen and oxygen atoms in total. The molecule has 20 heavy (non-hydrogen) atoms. The third-order valence-corrected chi connectivity index (χ3v) is 3.84. The predicted molar refractivity (Wildman–Crippen MR) is 75.3 cm³/mol. The average Bonchev–Trinajstić information content (AvgIpc) is 2.41. The van der Waals surface area contributed by atoms with Gasteiger partial charge in [0.25, 0.3) is 5.69 Å². The Hall–Kier alpha value is -1.95. The van der Waals surface area contributed by atoms with E-state index in [4.69, 9.17) is 5.73 Å². The minimum absolute atomic E-state index is 0.0279. The first-order chi connectivity index (χ1) is 9.47.